The zero-order valence-electron chi connectivity index (χ0n) is 14.8. The first-order chi connectivity index (χ1) is 12.5. The zero-order chi connectivity index (χ0) is 18.3. The van der Waals surface area contributed by atoms with Crippen LogP contribution in [-0.4, -0.2) is 34.0 Å². The lowest BCUT2D eigenvalue weighted by molar-refractivity contribution is -0.176. The molecule has 2 fully saturated rings. The van der Waals surface area contributed by atoms with Gasteiger partial charge in [-0.2, -0.15) is 0 Å². The van der Waals surface area contributed by atoms with Crippen LogP contribution in [-0.2, 0) is 20.8 Å². The minimum atomic E-state index is -0.497. The first-order valence-electron chi connectivity index (χ1n) is 8.81. The maximum Gasteiger partial charge on any atom is 0.254 e. The Bertz CT molecular complexity index is 910. The number of benzene rings is 1. The van der Waals surface area contributed by atoms with Gasteiger partial charge < -0.3 is 14.2 Å². The number of aromatic amines is 1. The lowest BCUT2D eigenvalue weighted by Gasteiger charge is -2.31. The quantitative estimate of drug-likeness (QED) is 0.816. The van der Waals surface area contributed by atoms with Crippen LogP contribution in [0, 0.1) is 11.7 Å². The van der Waals surface area contributed by atoms with Crippen LogP contribution in [0.2, 0.25) is 0 Å². The molecule has 1 N–H and O–H groups in total. The van der Waals surface area contributed by atoms with E-state index in [0.29, 0.717) is 23.5 Å². The van der Waals surface area contributed by atoms with E-state index in [4.69, 9.17) is 26.4 Å². The molecule has 0 spiro atoms. The number of aromatic nitrogens is 2. The van der Waals surface area contributed by atoms with Gasteiger partial charge in [-0.3, -0.25) is 14.3 Å². The predicted octanol–water partition coefficient (Wildman–Crippen LogP) is 2.88. The summed E-state index contributed by atoms with van der Waals surface area (Å²) < 4.78 is 20.8. The molecule has 1 aromatic carbocycles. The first-order valence-corrected chi connectivity index (χ1v) is 9.22. The molecular weight excluding hydrogens is 352 g/mol. The third-order valence-corrected chi connectivity index (χ3v) is 5.58. The second kappa shape index (κ2) is 6.74. The lowest BCUT2D eigenvalue weighted by Crippen LogP contribution is -2.41. The molecule has 2 aliphatic heterocycles. The highest BCUT2D eigenvalue weighted by Crippen LogP contribution is 2.48. The van der Waals surface area contributed by atoms with E-state index in [9.17, 15) is 4.79 Å². The van der Waals surface area contributed by atoms with Crippen LogP contribution in [0.5, 0.6) is 0 Å². The van der Waals surface area contributed by atoms with Gasteiger partial charge in [0.15, 0.2) is 11.0 Å². The van der Waals surface area contributed by atoms with E-state index in [2.05, 4.69) is 11.9 Å². The van der Waals surface area contributed by atoms with Crippen molar-refractivity contribution in [3.05, 3.63) is 62.8 Å². The molecule has 3 heterocycles. The molecule has 2 aliphatic rings. The van der Waals surface area contributed by atoms with Gasteiger partial charge in [0.05, 0.1) is 13.2 Å². The average molecular weight is 374 g/mol. The van der Waals surface area contributed by atoms with Gasteiger partial charge in [0.1, 0.15) is 17.8 Å². The Morgan fingerprint density at radius 3 is 2.88 bits per heavy atom. The van der Waals surface area contributed by atoms with Crippen molar-refractivity contribution in [3.8, 4) is 0 Å². The fraction of sp³-hybridized carbons (Fsp3) is 0.474. The molecule has 2 aromatic rings. The first kappa shape index (κ1) is 17.6. The SMILES string of the molecule is CC[C@]12CO[C@@H](C1OCc1ccccc1)[C@H](n1cc(C)c(=O)[nH]c1=S)O2. The maximum atomic E-state index is 11.8. The van der Waals surface area contributed by atoms with E-state index in [1.54, 1.807) is 17.7 Å². The van der Waals surface area contributed by atoms with Crippen molar-refractivity contribution in [2.75, 3.05) is 6.61 Å². The van der Waals surface area contributed by atoms with Gasteiger partial charge in [-0.05, 0) is 31.1 Å². The number of rotatable bonds is 5. The smallest absolute Gasteiger partial charge is 0.254 e. The monoisotopic (exact) mass is 374 g/mol. The maximum absolute atomic E-state index is 11.8. The number of aryl methyl sites for hydroxylation is 1. The third kappa shape index (κ3) is 2.85. The number of ether oxygens (including phenoxy) is 3. The Kier molecular flexibility index (Phi) is 4.56. The van der Waals surface area contributed by atoms with Crippen LogP contribution >= 0.6 is 12.2 Å². The van der Waals surface area contributed by atoms with Crippen molar-refractivity contribution < 1.29 is 14.2 Å². The minimum absolute atomic E-state index is 0.183. The van der Waals surface area contributed by atoms with Crippen molar-refractivity contribution in [2.45, 2.75) is 50.9 Å². The second-order valence-electron chi connectivity index (χ2n) is 6.90. The number of H-pyrrole nitrogens is 1. The van der Waals surface area contributed by atoms with Crippen LogP contribution in [0.1, 0.15) is 30.7 Å². The highest BCUT2D eigenvalue weighted by atomic mass is 32.1. The fourth-order valence-corrected chi connectivity index (χ4v) is 3.98. The van der Waals surface area contributed by atoms with E-state index in [1.165, 1.54) is 0 Å². The van der Waals surface area contributed by atoms with Crippen LogP contribution in [0.25, 0.3) is 0 Å². The molecule has 2 saturated heterocycles. The Morgan fingerprint density at radius 1 is 1.38 bits per heavy atom. The van der Waals surface area contributed by atoms with Crippen LogP contribution in [0.15, 0.2) is 41.3 Å². The van der Waals surface area contributed by atoms with Gasteiger partial charge in [0, 0.05) is 11.8 Å². The summed E-state index contributed by atoms with van der Waals surface area (Å²) in [6, 6.07) is 10.1. The van der Waals surface area contributed by atoms with E-state index in [-0.39, 0.29) is 17.8 Å². The topological polar surface area (TPSA) is 65.5 Å². The van der Waals surface area contributed by atoms with Crippen LogP contribution in [0.4, 0.5) is 0 Å². The van der Waals surface area contributed by atoms with E-state index >= 15 is 0 Å². The van der Waals surface area contributed by atoms with Gasteiger partial charge in [-0.1, -0.05) is 37.3 Å². The summed E-state index contributed by atoms with van der Waals surface area (Å²) in [5.74, 6) is 0. The van der Waals surface area contributed by atoms with Crippen molar-refractivity contribution in [1.29, 1.82) is 0 Å². The summed E-state index contributed by atoms with van der Waals surface area (Å²) in [6.45, 7) is 4.82. The molecule has 26 heavy (non-hydrogen) atoms. The Morgan fingerprint density at radius 2 is 2.15 bits per heavy atom. The molecule has 0 saturated carbocycles. The van der Waals surface area contributed by atoms with Crippen molar-refractivity contribution in [2.24, 2.45) is 0 Å². The zero-order valence-corrected chi connectivity index (χ0v) is 15.6. The summed E-state index contributed by atoms with van der Waals surface area (Å²) in [5.41, 5.74) is 1.01. The van der Waals surface area contributed by atoms with Gasteiger partial charge in [0.25, 0.3) is 5.56 Å². The largest absolute Gasteiger partial charge is 0.368 e. The Labute approximate surface area is 156 Å². The number of nitrogens with zero attached hydrogens (tertiary/aromatic N) is 1. The molecule has 4 rings (SSSR count). The highest BCUT2D eigenvalue weighted by Gasteiger charge is 2.62. The normalized spacial score (nSPS) is 30.0. The molecule has 2 bridgehead atoms. The van der Waals surface area contributed by atoms with Gasteiger partial charge in [0.2, 0.25) is 0 Å². The summed E-state index contributed by atoms with van der Waals surface area (Å²) in [6.07, 6.45) is 1.64. The molecule has 0 amide bonds. The molecule has 0 aliphatic carbocycles. The molecule has 7 heteroatoms. The van der Waals surface area contributed by atoms with Crippen molar-refractivity contribution in [3.63, 3.8) is 0 Å². The Balaban J connectivity index is 1.62. The van der Waals surface area contributed by atoms with Crippen LogP contribution < -0.4 is 5.56 Å². The van der Waals surface area contributed by atoms with Crippen molar-refractivity contribution >= 4 is 12.2 Å². The van der Waals surface area contributed by atoms with E-state index in [1.807, 2.05) is 30.3 Å². The lowest BCUT2D eigenvalue weighted by atomic mass is 9.96. The molecule has 4 atom stereocenters. The average Bonchev–Trinajstić information content (AvgIpc) is 3.16. The van der Waals surface area contributed by atoms with Gasteiger partial charge in [-0.15, -0.1) is 0 Å². The number of hydrogen-bond acceptors (Lipinski definition) is 5. The standard InChI is InChI=1S/C19H22N2O4S/c1-3-19-11-24-14(15(19)23-10-13-7-5-4-6-8-13)17(25-19)21-9-12(2)16(22)20-18(21)26/h4-9,14-15,17H,3,10-11H2,1-2H3,(H,20,22,26)/t14-,15?,17+,19-/m0/s1. The highest BCUT2D eigenvalue weighted by molar-refractivity contribution is 7.71. The Hall–Kier alpha value is -1.80. The molecule has 0 radical (unpaired) electrons. The van der Waals surface area contributed by atoms with Gasteiger partial charge >= 0.3 is 0 Å². The van der Waals surface area contributed by atoms with E-state index in [0.717, 1.165) is 12.0 Å². The number of nitrogens with one attached hydrogen (secondary N) is 1. The molecule has 1 aromatic heterocycles. The molecule has 138 valence electrons. The second-order valence-corrected chi connectivity index (χ2v) is 7.28. The van der Waals surface area contributed by atoms with Crippen molar-refractivity contribution in [1.82, 2.24) is 9.55 Å². The fourth-order valence-electron chi connectivity index (χ4n) is 3.73. The predicted molar refractivity (Wildman–Crippen MR) is 98.5 cm³/mol. The molecule has 1 unspecified atom stereocenters. The summed E-state index contributed by atoms with van der Waals surface area (Å²) in [4.78, 5) is 14.5. The summed E-state index contributed by atoms with van der Waals surface area (Å²) in [5, 5.41) is 0. The number of fused-ring (bicyclic) bond motifs is 2. The van der Waals surface area contributed by atoms with E-state index < -0.39 is 11.8 Å². The number of hydrogen-bond donors (Lipinski definition) is 1. The summed E-state index contributed by atoms with van der Waals surface area (Å²) in [7, 11) is 0. The molecular formula is C19H22N2O4S. The summed E-state index contributed by atoms with van der Waals surface area (Å²) >= 11 is 5.33. The third-order valence-electron chi connectivity index (χ3n) is 5.26. The molecule has 6 nitrogen and oxygen atoms in total. The van der Waals surface area contributed by atoms with Crippen LogP contribution in [0.3, 0.4) is 0 Å². The minimum Gasteiger partial charge on any atom is -0.368 e. The van der Waals surface area contributed by atoms with Gasteiger partial charge in [-0.25, -0.2) is 0 Å².